The van der Waals surface area contributed by atoms with Gasteiger partial charge in [-0.15, -0.1) is 0 Å². The molecule has 152 valence electrons. The summed E-state index contributed by atoms with van der Waals surface area (Å²) in [5.74, 6) is 1.79. The molecular weight excluding hydrogens is 386 g/mol. The maximum atomic E-state index is 12.5. The number of benzene rings is 2. The summed E-state index contributed by atoms with van der Waals surface area (Å²) in [4.78, 5) is 16.9. The van der Waals surface area contributed by atoms with Crippen molar-refractivity contribution in [2.45, 2.75) is 24.9 Å². The van der Waals surface area contributed by atoms with Crippen LogP contribution >= 0.6 is 11.8 Å². The molecule has 0 atom stereocenters. The van der Waals surface area contributed by atoms with E-state index in [1.165, 1.54) is 17.3 Å². The number of methoxy groups -OCH3 is 2. The second-order valence-electron chi connectivity index (χ2n) is 6.73. The van der Waals surface area contributed by atoms with Crippen LogP contribution in [0, 0.1) is 0 Å². The van der Waals surface area contributed by atoms with E-state index in [-0.39, 0.29) is 11.7 Å². The van der Waals surface area contributed by atoms with Crippen molar-refractivity contribution < 1.29 is 14.3 Å². The lowest BCUT2D eigenvalue weighted by molar-refractivity contribution is -0.113. The fourth-order valence-corrected chi connectivity index (χ4v) is 3.61. The van der Waals surface area contributed by atoms with Crippen LogP contribution in [0.3, 0.4) is 0 Å². The van der Waals surface area contributed by atoms with Gasteiger partial charge in [-0.1, -0.05) is 37.7 Å². The summed E-state index contributed by atoms with van der Waals surface area (Å²) in [6.45, 7) is 4.34. The second-order valence-corrected chi connectivity index (χ2v) is 7.67. The molecule has 29 heavy (non-hydrogen) atoms. The molecule has 7 heteroatoms. The molecule has 1 amide bonds. The van der Waals surface area contributed by atoms with Crippen LogP contribution in [0.15, 0.2) is 60.0 Å². The van der Waals surface area contributed by atoms with Crippen molar-refractivity contribution in [2.75, 3.05) is 25.3 Å². The average Bonchev–Trinajstić information content (AvgIpc) is 3.21. The van der Waals surface area contributed by atoms with Crippen LogP contribution in [-0.2, 0) is 4.79 Å². The predicted molar refractivity (Wildman–Crippen MR) is 117 cm³/mol. The van der Waals surface area contributed by atoms with E-state index in [1.54, 1.807) is 38.6 Å². The van der Waals surface area contributed by atoms with Crippen molar-refractivity contribution in [3.05, 3.63) is 60.4 Å². The molecule has 0 radical (unpaired) electrons. The number of amides is 1. The van der Waals surface area contributed by atoms with E-state index >= 15 is 0 Å². The summed E-state index contributed by atoms with van der Waals surface area (Å²) >= 11 is 1.38. The number of rotatable bonds is 8. The summed E-state index contributed by atoms with van der Waals surface area (Å²) in [5.41, 5.74) is 2.88. The molecule has 0 bridgehead atoms. The molecule has 3 rings (SSSR count). The van der Waals surface area contributed by atoms with Gasteiger partial charge in [0.1, 0.15) is 11.5 Å². The van der Waals surface area contributed by atoms with Gasteiger partial charge in [0.05, 0.1) is 25.7 Å². The topological polar surface area (TPSA) is 65.4 Å². The van der Waals surface area contributed by atoms with Crippen LogP contribution in [0.5, 0.6) is 11.5 Å². The van der Waals surface area contributed by atoms with E-state index in [2.05, 4.69) is 48.4 Å². The van der Waals surface area contributed by atoms with Crippen molar-refractivity contribution in [3.8, 4) is 17.2 Å². The lowest BCUT2D eigenvalue weighted by Crippen LogP contribution is -2.15. The monoisotopic (exact) mass is 411 g/mol. The molecule has 3 aromatic rings. The summed E-state index contributed by atoms with van der Waals surface area (Å²) in [6, 6.07) is 13.7. The van der Waals surface area contributed by atoms with E-state index in [1.807, 2.05) is 10.8 Å². The Kier molecular flexibility index (Phi) is 6.82. The van der Waals surface area contributed by atoms with Gasteiger partial charge < -0.3 is 14.8 Å². The third-order valence-electron chi connectivity index (χ3n) is 4.46. The van der Waals surface area contributed by atoms with Gasteiger partial charge in [0.2, 0.25) is 5.91 Å². The van der Waals surface area contributed by atoms with Gasteiger partial charge in [-0.05, 0) is 35.7 Å². The highest BCUT2D eigenvalue weighted by atomic mass is 32.2. The third-order valence-corrected chi connectivity index (χ3v) is 5.42. The minimum atomic E-state index is -0.147. The zero-order valence-electron chi connectivity index (χ0n) is 17.0. The molecule has 1 aromatic heterocycles. The smallest absolute Gasteiger partial charge is 0.234 e. The highest BCUT2D eigenvalue weighted by molar-refractivity contribution is 7.99. The summed E-state index contributed by atoms with van der Waals surface area (Å²) in [6.07, 6.45) is 3.64. The molecule has 0 spiro atoms. The number of carbonyl (C=O) groups is 1. The normalized spacial score (nSPS) is 10.8. The highest BCUT2D eigenvalue weighted by Gasteiger charge is 2.12. The van der Waals surface area contributed by atoms with Gasteiger partial charge in [-0.2, -0.15) is 0 Å². The first-order chi connectivity index (χ1) is 14.0. The highest BCUT2D eigenvalue weighted by Crippen LogP contribution is 2.29. The molecule has 1 N–H and O–H groups in total. The molecule has 0 unspecified atom stereocenters. The number of anilines is 1. The number of carbonyl (C=O) groups excluding carboxylic acids is 1. The SMILES string of the molecule is COc1ccc(OC)c(NC(=O)CSc2nccn2-c2ccc(C(C)C)cc2)c1. The van der Waals surface area contributed by atoms with E-state index < -0.39 is 0 Å². The van der Waals surface area contributed by atoms with Crippen molar-refractivity contribution >= 4 is 23.4 Å². The van der Waals surface area contributed by atoms with Crippen molar-refractivity contribution in [2.24, 2.45) is 0 Å². The fourth-order valence-electron chi connectivity index (χ4n) is 2.84. The van der Waals surface area contributed by atoms with E-state index in [4.69, 9.17) is 9.47 Å². The molecule has 6 nitrogen and oxygen atoms in total. The predicted octanol–water partition coefficient (Wildman–Crippen LogP) is 4.74. The number of aromatic nitrogens is 2. The van der Waals surface area contributed by atoms with Gasteiger partial charge >= 0.3 is 0 Å². The molecule has 1 heterocycles. The number of imidazole rings is 1. The number of hydrogen-bond donors (Lipinski definition) is 1. The Morgan fingerprint density at radius 2 is 1.90 bits per heavy atom. The first kappa shape index (κ1) is 20.8. The van der Waals surface area contributed by atoms with Gasteiger partial charge in [0, 0.05) is 24.1 Å². The quantitative estimate of drug-likeness (QED) is 0.542. The van der Waals surface area contributed by atoms with E-state index in [9.17, 15) is 4.79 Å². The number of ether oxygens (including phenoxy) is 2. The minimum Gasteiger partial charge on any atom is -0.497 e. The number of nitrogens with one attached hydrogen (secondary N) is 1. The molecule has 0 saturated heterocycles. The largest absolute Gasteiger partial charge is 0.497 e. The Bertz CT molecular complexity index is 968. The number of nitrogens with zero attached hydrogens (tertiary/aromatic N) is 2. The maximum absolute atomic E-state index is 12.5. The molecule has 0 aliphatic heterocycles. The molecule has 0 saturated carbocycles. The Labute approximate surface area is 175 Å². The van der Waals surface area contributed by atoms with Crippen LogP contribution in [0.2, 0.25) is 0 Å². The first-order valence-electron chi connectivity index (χ1n) is 9.30. The van der Waals surface area contributed by atoms with Crippen molar-refractivity contribution in [3.63, 3.8) is 0 Å². The maximum Gasteiger partial charge on any atom is 0.234 e. The van der Waals surface area contributed by atoms with Crippen LogP contribution < -0.4 is 14.8 Å². The van der Waals surface area contributed by atoms with Gasteiger partial charge in [0.25, 0.3) is 0 Å². The molecule has 0 aliphatic rings. The van der Waals surface area contributed by atoms with Crippen LogP contribution in [0.25, 0.3) is 5.69 Å². The summed E-state index contributed by atoms with van der Waals surface area (Å²) < 4.78 is 12.5. The second kappa shape index (κ2) is 9.52. The zero-order valence-corrected chi connectivity index (χ0v) is 17.8. The fraction of sp³-hybridized carbons (Fsp3) is 0.273. The van der Waals surface area contributed by atoms with E-state index in [0.717, 1.165) is 10.8 Å². The molecular formula is C22H25N3O3S. The Morgan fingerprint density at radius 3 is 2.55 bits per heavy atom. The summed E-state index contributed by atoms with van der Waals surface area (Å²) in [5, 5.41) is 3.64. The van der Waals surface area contributed by atoms with Crippen LogP contribution in [0.1, 0.15) is 25.3 Å². The average molecular weight is 412 g/mol. The summed E-state index contributed by atoms with van der Waals surface area (Å²) in [7, 11) is 3.14. The van der Waals surface area contributed by atoms with Crippen LogP contribution in [-0.4, -0.2) is 35.4 Å². The van der Waals surface area contributed by atoms with Gasteiger partial charge in [-0.25, -0.2) is 4.98 Å². The van der Waals surface area contributed by atoms with E-state index in [0.29, 0.717) is 23.1 Å². The number of thioether (sulfide) groups is 1. The van der Waals surface area contributed by atoms with Crippen molar-refractivity contribution in [1.82, 2.24) is 9.55 Å². The third kappa shape index (κ3) is 5.12. The molecule has 2 aromatic carbocycles. The van der Waals surface area contributed by atoms with Gasteiger partial charge in [0.15, 0.2) is 5.16 Å². The lowest BCUT2D eigenvalue weighted by atomic mass is 10.0. The first-order valence-corrected chi connectivity index (χ1v) is 10.3. The Hall–Kier alpha value is -2.93. The Morgan fingerprint density at radius 1 is 1.14 bits per heavy atom. The zero-order chi connectivity index (χ0) is 20.8. The number of hydrogen-bond acceptors (Lipinski definition) is 5. The minimum absolute atomic E-state index is 0.147. The van der Waals surface area contributed by atoms with Crippen molar-refractivity contribution in [1.29, 1.82) is 0 Å². The standard InChI is InChI=1S/C22H25N3O3S/c1-15(2)16-5-7-17(8-6-16)25-12-11-23-22(25)29-14-21(26)24-19-13-18(27-3)9-10-20(19)28-4/h5-13,15H,14H2,1-4H3,(H,24,26). The van der Waals surface area contributed by atoms with Crippen LogP contribution in [0.4, 0.5) is 5.69 Å². The lowest BCUT2D eigenvalue weighted by Gasteiger charge is -2.12. The Balaban J connectivity index is 1.67. The molecule has 0 fully saturated rings. The van der Waals surface area contributed by atoms with Gasteiger partial charge in [-0.3, -0.25) is 9.36 Å². The molecule has 0 aliphatic carbocycles.